The Bertz CT molecular complexity index is 4100. The average Bonchev–Trinajstić information content (AvgIpc) is 3.78. The quantitative estimate of drug-likeness (QED) is 0.182. The smallest absolute Gasteiger partial charge is 0.164 e. The minimum absolute atomic E-state index is 0.0395. The molecule has 0 aliphatic heterocycles. The summed E-state index contributed by atoms with van der Waals surface area (Å²) in [6.45, 7) is 0. The molecule has 238 valence electrons. The third kappa shape index (κ3) is 5.04. The Morgan fingerprint density at radius 1 is 0.392 bits per heavy atom. The van der Waals surface area contributed by atoms with Crippen molar-refractivity contribution < 1.29 is 34.6 Å². The molecule has 0 saturated carbocycles. The average molecular weight is 674 g/mol. The molecule has 0 spiro atoms. The molecule has 8 aromatic carbocycles. The lowest BCUT2D eigenvalue weighted by Gasteiger charge is -2.11. The van der Waals surface area contributed by atoms with E-state index >= 15 is 0 Å². The fraction of sp³-hybridized carbons (Fsp3) is 0. The normalized spacial score (nSPS) is 17.6. The van der Waals surface area contributed by atoms with Gasteiger partial charge in [-0.2, -0.15) is 0 Å². The van der Waals surface area contributed by atoms with Gasteiger partial charge in [-0.15, -0.1) is 0 Å². The van der Waals surface area contributed by atoms with E-state index in [9.17, 15) is 8.22 Å². The molecule has 0 bridgehead atoms. The van der Waals surface area contributed by atoms with Gasteiger partial charge in [0.05, 0.1) is 30.2 Å². The molecule has 51 heavy (non-hydrogen) atoms. The van der Waals surface area contributed by atoms with Crippen LogP contribution < -0.4 is 0 Å². The Morgan fingerprint density at radius 3 is 1.73 bits per heavy atom. The first-order chi connectivity index (χ1) is 34.4. The molecule has 0 saturated heterocycles. The molecular formula is C47H29N3O. The van der Waals surface area contributed by atoms with Crippen LogP contribution in [0.4, 0.5) is 0 Å². The van der Waals surface area contributed by atoms with E-state index in [0.29, 0.717) is 10.9 Å². The number of benzene rings is 8. The van der Waals surface area contributed by atoms with Crippen molar-refractivity contribution in [2.45, 2.75) is 0 Å². The Balaban J connectivity index is 1.34. The summed E-state index contributed by atoms with van der Waals surface area (Å²) in [5.41, 5.74) is -3.79. The van der Waals surface area contributed by atoms with Gasteiger partial charge in [0.15, 0.2) is 17.5 Å². The summed E-state index contributed by atoms with van der Waals surface area (Å²) in [6.07, 6.45) is 0. The van der Waals surface area contributed by atoms with E-state index in [-0.39, 0.29) is 32.7 Å². The van der Waals surface area contributed by atoms with Crippen LogP contribution in [0, 0.1) is 0 Å². The van der Waals surface area contributed by atoms with Crippen molar-refractivity contribution in [1.82, 2.24) is 15.0 Å². The SMILES string of the molecule is [2H]c1c([2H])c([2H])c(-c2nc(-c3c([2H])c([2H])c(-c4c([2H])c([2H])c([2H])c([2H])c4[2H])c([2H])c3[2H])nc(-c3c([2H])c([2H])c4oc5c([2H])c(-c6cccc7ccccc67)c6c([2H])c([2H])c([2H])c([2H])c6c5c4c3[2H])n2)c([2H])c1[2H]. The van der Waals surface area contributed by atoms with Gasteiger partial charge in [-0.25, -0.2) is 15.0 Å². The number of aromatic nitrogens is 3. The van der Waals surface area contributed by atoms with E-state index in [1.807, 2.05) is 12.1 Å². The van der Waals surface area contributed by atoms with Gasteiger partial charge in [-0.05, 0) is 68.0 Å². The van der Waals surface area contributed by atoms with Crippen molar-refractivity contribution in [2.75, 3.05) is 0 Å². The predicted molar refractivity (Wildman–Crippen MR) is 209 cm³/mol. The highest BCUT2D eigenvalue weighted by molar-refractivity contribution is 6.23. The Kier molecular flexibility index (Phi) is 3.39. The molecule has 10 rings (SSSR count). The van der Waals surface area contributed by atoms with Crippen LogP contribution in [0.2, 0.25) is 0 Å². The third-order valence-electron chi connectivity index (χ3n) is 8.13. The molecule has 0 aliphatic carbocycles. The molecule has 0 aliphatic rings. The number of nitrogens with zero attached hydrogens (tertiary/aromatic N) is 3. The molecule has 4 nitrogen and oxygen atoms in total. The second-order valence-corrected chi connectivity index (χ2v) is 11.1. The molecule has 0 radical (unpaired) electrons. The summed E-state index contributed by atoms with van der Waals surface area (Å²) in [5.74, 6) is -2.33. The summed E-state index contributed by atoms with van der Waals surface area (Å²) in [5, 5.41) is 0.430. The number of rotatable bonds is 5. The van der Waals surface area contributed by atoms with E-state index in [1.165, 1.54) is 0 Å². The van der Waals surface area contributed by atoms with Crippen molar-refractivity contribution in [3.63, 3.8) is 0 Å². The van der Waals surface area contributed by atoms with Gasteiger partial charge in [-0.1, -0.05) is 151 Å². The second-order valence-electron chi connectivity index (χ2n) is 11.1. The number of furan rings is 1. The van der Waals surface area contributed by atoms with Gasteiger partial charge >= 0.3 is 0 Å². The van der Waals surface area contributed by atoms with Crippen LogP contribution in [-0.2, 0) is 0 Å². The number of hydrogen-bond donors (Lipinski definition) is 0. The predicted octanol–water partition coefficient (Wildman–Crippen LogP) is 12.4. The zero-order valence-electron chi connectivity index (χ0n) is 47.8. The first-order valence-corrected chi connectivity index (χ1v) is 15.3. The van der Waals surface area contributed by atoms with Gasteiger partial charge < -0.3 is 4.42 Å². The van der Waals surface area contributed by atoms with E-state index in [0.717, 1.165) is 5.39 Å². The largest absolute Gasteiger partial charge is 0.456 e. The van der Waals surface area contributed by atoms with Crippen LogP contribution in [-0.4, -0.2) is 15.0 Å². The summed E-state index contributed by atoms with van der Waals surface area (Å²) in [7, 11) is 0. The van der Waals surface area contributed by atoms with Crippen molar-refractivity contribution in [3.05, 3.63) is 175 Å². The van der Waals surface area contributed by atoms with Crippen LogP contribution in [0.3, 0.4) is 0 Å². The molecular weight excluding hydrogens is 623 g/mol. The van der Waals surface area contributed by atoms with E-state index < -0.39 is 184 Å². The van der Waals surface area contributed by atoms with Crippen LogP contribution in [0.15, 0.2) is 180 Å². The lowest BCUT2D eigenvalue weighted by atomic mass is 9.92. The number of hydrogen-bond acceptors (Lipinski definition) is 4. The fourth-order valence-electron chi connectivity index (χ4n) is 5.86. The first kappa shape index (κ1) is 14.5. The maximum atomic E-state index is 9.81. The first-order valence-electron chi connectivity index (χ1n) is 26.3. The summed E-state index contributed by atoms with van der Waals surface area (Å²) < 4.78 is 201. The molecule has 0 amide bonds. The molecule has 0 atom stereocenters. The summed E-state index contributed by atoms with van der Waals surface area (Å²) in [6, 6.07) is -4.95. The zero-order valence-corrected chi connectivity index (χ0v) is 25.8. The van der Waals surface area contributed by atoms with Crippen molar-refractivity contribution in [3.8, 4) is 56.4 Å². The van der Waals surface area contributed by atoms with Crippen molar-refractivity contribution >= 4 is 43.5 Å². The summed E-state index contributed by atoms with van der Waals surface area (Å²) >= 11 is 0. The van der Waals surface area contributed by atoms with Crippen LogP contribution in [0.1, 0.15) is 30.2 Å². The van der Waals surface area contributed by atoms with E-state index in [1.54, 1.807) is 30.3 Å². The topological polar surface area (TPSA) is 51.8 Å². The van der Waals surface area contributed by atoms with Gasteiger partial charge in [0, 0.05) is 27.5 Å². The lowest BCUT2D eigenvalue weighted by molar-refractivity contribution is 0.669. The molecule has 10 aromatic rings. The molecule has 0 N–H and O–H groups in total. The number of fused-ring (bicyclic) bond motifs is 6. The van der Waals surface area contributed by atoms with E-state index in [2.05, 4.69) is 15.0 Å². The van der Waals surface area contributed by atoms with Crippen LogP contribution in [0.25, 0.3) is 99.9 Å². The fourth-order valence-corrected chi connectivity index (χ4v) is 5.86. The van der Waals surface area contributed by atoms with Gasteiger partial charge in [0.25, 0.3) is 0 Å². The highest BCUT2D eigenvalue weighted by Crippen LogP contribution is 2.42. The maximum Gasteiger partial charge on any atom is 0.164 e. The van der Waals surface area contributed by atoms with Crippen molar-refractivity contribution in [1.29, 1.82) is 0 Å². The Hall–Kier alpha value is -6.91. The van der Waals surface area contributed by atoms with Crippen LogP contribution in [0.5, 0.6) is 0 Å². The standard InChI is InChI=1S/C47H29N3O/c1-3-12-30(13-4-1)31-22-24-34(25-23-31)46-48-45(33-15-5-2-6-16-33)49-47(50-46)35-26-27-42-41(28-35)44-39-20-10-9-19-38(39)40(29-43(44)51-42)37-21-11-17-32-14-7-8-18-36(32)37/h1-29H/i1D,2D,3D,4D,5D,6D,9D,10D,12D,13D,15D,16D,19D,20D,22D,23D,24D,25D,26D,27D,28D,29D. The molecule has 0 unspecified atom stereocenters. The second kappa shape index (κ2) is 11.9. The van der Waals surface area contributed by atoms with Crippen molar-refractivity contribution in [2.24, 2.45) is 0 Å². The minimum Gasteiger partial charge on any atom is -0.456 e. The van der Waals surface area contributed by atoms with Gasteiger partial charge in [0.1, 0.15) is 11.2 Å². The van der Waals surface area contributed by atoms with E-state index in [4.69, 9.17) is 26.3 Å². The molecule has 2 heterocycles. The minimum atomic E-state index is -0.952. The highest BCUT2D eigenvalue weighted by atomic mass is 16.3. The Morgan fingerprint density at radius 2 is 0.961 bits per heavy atom. The highest BCUT2D eigenvalue weighted by Gasteiger charge is 2.18. The zero-order chi connectivity index (χ0) is 52.9. The maximum absolute atomic E-state index is 9.81. The van der Waals surface area contributed by atoms with Gasteiger partial charge in [0.2, 0.25) is 0 Å². The molecule has 0 fully saturated rings. The van der Waals surface area contributed by atoms with Crippen LogP contribution >= 0.6 is 0 Å². The third-order valence-corrected chi connectivity index (χ3v) is 8.13. The molecule has 4 heteroatoms. The summed E-state index contributed by atoms with van der Waals surface area (Å²) in [4.78, 5) is 13.1. The Labute approximate surface area is 325 Å². The lowest BCUT2D eigenvalue weighted by Crippen LogP contribution is -2.00. The van der Waals surface area contributed by atoms with Gasteiger partial charge in [-0.3, -0.25) is 0 Å². The monoisotopic (exact) mass is 673 g/mol. The molecule has 2 aromatic heterocycles.